The zero-order valence-electron chi connectivity index (χ0n) is 27.2. The molecule has 0 aliphatic heterocycles. The molecule has 0 spiro atoms. The highest BCUT2D eigenvalue weighted by Crippen LogP contribution is 2.37. The van der Waals surface area contributed by atoms with Crippen molar-refractivity contribution in [1.82, 2.24) is 19.5 Å². The minimum atomic E-state index is -0.347. The largest absolute Gasteiger partial charge is 0.309 e. The number of halogens is 2. The molecule has 0 bridgehead atoms. The summed E-state index contributed by atoms with van der Waals surface area (Å²) in [6.07, 6.45) is 0. The Morgan fingerprint density at radius 1 is 0.333 bits per heavy atom. The van der Waals surface area contributed by atoms with E-state index in [-0.39, 0.29) is 11.6 Å². The molecule has 51 heavy (non-hydrogen) atoms. The minimum absolute atomic E-state index is 0.347. The molecule has 0 aliphatic carbocycles. The molecule has 0 saturated carbocycles. The van der Waals surface area contributed by atoms with Gasteiger partial charge in [-0.05, 0) is 119 Å². The van der Waals surface area contributed by atoms with Crippen LogP contribution in [-0.4, -0.2) is 19.5 Å². The first-order valence-corrected chi connectivity index (χ1v) is 16.7. The maximum absolute atomic E-state index is 13.8. The maximum atomic E-state index is 13.8. The van der Waals surface area contributed by atoms with E-state index in [4.69, 9.17) is 9.97 Å². The van der Waals surface area contributed by atoms with E-state index in [0.717, 1.165) is 33.4 Å². The number of nitrogens with zero attached hydrogens (tertiary/aromatic N) is 4. The molecule has 2 heterocycles. The second kappa shape index (κ2) is 12.6. The standard InChI is InChI=1S/C45H28F2N4/c46-36-19-11-31(12-20-36)43-48-44(32-13-21-37(47)22-14-32)50-45(49-43)33-15-23-38(24-16-33)51-41-25-17-34(29-7-3-1-4-8-29)27-39(41)40-28-35(18-26-42(40)51)30-9-5-2-6-10-30/h1-28H. The Hall–Kier alpha value is -6.79. The fourth-order valence-corrected chi connectivity index (χ4v) is 6.64. The molecule has 0 fully saturated rings. The topological polar surface area (TPSA) is 43.6 Å². The summed E-state index contributed by atoms with van der Waals surface area (Å²) in [5.74, 6) is 0.556. The van der Waals surface area contributed by atoms with Crippen LogP contribution in [0, 0.1) is 11.6 Å². The van der Waals surface area contributed by atoms with Gasteiger partial charge in [0.2, 0.25) is 0 Å². The van der Waals surface area contributed by atoms with Gasteiger partial charge in [-0.15, -0.1) is 0 Å². The van der Waals surface area contributed by atoms with E-state index in [1.54, 1.807) is 24.3 Å². The van der Waals surface area contributed by atoms with Crippen LogP contribution in [-0.2, 0) is 0 Å². The van der Waals surface area contributed by atoms with E-state index >= 15 is 0 Å². The second-order valence-electron chi connectivity index (χ2n) is 12.4. The highest BCUT2D eigenvalue weighted by molar-refractivity contribution is 6.11. The Morgan fingerprint density at radius 3 is 1.08 bits per heavy atom. The normalized spacial score (nSPS) is 11.3. The van der Waals surface area contributed by atoms with Crippen LogP contribution in [0.15, 0.2) is 170 Å². The zero-order chi connectivity index (χ0) is 34.3. The van der Waals surface area contributed by atoms with E-state index < -0.39 is 0 Å². The SMILES string of the molecule is Fc1ccc(-c2nc(-c3ccc(F)cc3)nc(-c3ccc(-n4c5ccc(-c6ccccc6)cc5c5cc(-c6ccccc6)ccc54)cc3)n2)cc1. The first kappa shape index (κ1) is 30.3. The Labute approximate surface area is 293 Å². The van der Waals surface area contributed by atoms with Crippen LogP contribution >= 0.6 is 0 Å². The van der Waals surface area contributed by atoms with E-state index in [9.17, 15) is 8.78 Å². The Kier molecular flexibility index (Phi) is 7.47. The summed E-state index contributed by atoms with van der Waals surface area (Å²) in [4.78, 5) is 14.3. The molecule has 6 heteroatoms. The lowest BCUT2D eigenvalue weighted by molar-refractivity contribution is 0.627. The average Bonchev–Trinajstić information content (AvgIpc) is 3.52. The summed E-state index contributed by atoms with van der Waals surface area (Å²) < 4.78 is 29.9. The molecule has 0 atom stereocenters. The lowest BCUT2D eigenvalue weighted by Gasteiger charge is -2.11. The number of hydrogen-bond acceptors (Lipinski definition) is 3. The maximum Gasteiger partial charge on any atom is 0.164 e. The Morgan fingerprint density at radius 2 is 0.686 bits per heavy atom. The summed E-state index contributed by atoms with van der Waals surface area (Å²) in [6.45, 7) is 0. The van der Waals surface area contributed by atoms with Gasteiger partial charge in [0.15, 0.2) is 17.5 Å². The predicted octanol–water partition coefficient (Wildman–Crippen LogP) is 11.6. The lowest BCUT2D eigenvalue weighted by Crippen LogP contribution is -2.01. The van der Waals surface area contributed by atoms with Crippen molar-refractivity contribution in [2.45, 2.75) is 0 Å². The number of hydrogen-bond donors (Lipinski definition) is 0. The Bertz CT molecular complexity index is 2510. The molecule has 0 radical (unpaired) electrons. The van der Waals surface area contributed by atoms with Crippen molar-refractivity contribution in [2.24, 2.45) is 0 Å². The second-order valence-corrected chi connectivity index (χ2v) is 12.4. The van der Waals surface area contributed by atoms with Crippen LogP contribution < -0.4 is 0 Å². The molecule has 4 nitrogen and oxygen atoms in total. The Balaban J connectivity index is 1.18. The third-order valence-electron chi connectivity index (χ3n) is 9.20. The molecule has 0 unspecified atom stereocenters. The number of aromatic nitrogens is 4. The molecule has 0 aliphatic rings. The van der Waals surface area contributed by atoms with Crippen molar-refractivity contribution in [3.05, 3.63) is 181 Å². The molecule has 9 rings (SSSR count). The molecule has 2 aromatic heterocycles. The summed E-state index contributed by atoms with van der Waals surface area (Å²) in [5, 5.41) is 2.33. The van der Waals surface area contributed by atoms with Gasteiger partial charge >= 0.3 is 0 Å². The van der Waals surface area contributed by atoms with Gasteiger partial charge in [0.25, 0.3) is 0 Å². The minimum Gasteiger partial charge on any atom is -0.309 e. The van der Waals surface area contributed by atoms with Gasteiger partial charge in [-0.3, -0.25) is 0 Å². The van der Waals surface area contributed by atoms with Gasteiger partial charge in [-0.2, -0.15) is 0 Å². The van der Waals surface area contributed by atoms with Crippen LogP contribution in [0.3, 0.4) is 0 Å². The van der Waals surface area contributed by atoms with Crippen molar-refractivity contribution in [2.75, 3.05) is 0 Å². The zero-order valence-corrected chi connectivity index (χ0v) is 27.2. The van der Waals surface area contributed by atoms with Crippen LogP contribution in [0.5, 0.6) is 0 Å². The quantitative estimate of drug-likeness (QED) is 0.178. The van der Waals surface area contributed by atoms with Crippen molar-refractivity contribution in [3.63, 3.8) is 0 Å². The van der Waals surface area contributed by atoms with Gasteiger partial charge in [0.1, 0.15) is 11.6 Å². The van der Waals surface area contributed by atoms with Crippen LogP contribution in [0.2, 0.25) is 0 Å². The van der Waals surface area contributed by atoms with E-state index in [1.807, 2.05) is 24.3 Å². The monoisotopic (exact) mass is 662 g/mol. The highest BCUT2D eigenvalue weighted by Gasteiger charge is 2.17. The van der Waals surface area contributed by atoms with Gasteiger partial charge in [0.05, 0.1) is 11.0 Å². The summed E-state index contributed by atoms with van der Waals surface area (Å²) in [6, 6.07) is 54.4. The predicted molar refractivity (Wildman–Crippen MR) is 201 cm³/mol. The molecule has 242 valence electrons. The molecule has 0 saturated heterocycles. The van der Waals surface area contributed by atoms with Gasteiger partial charge in [-0.25, -0.2) is 23.7 Å². The molecule has 7 aromatic carbocycles. The van der Waals surface area contributed by atoms with Crippen LogP contribution in [0.25, 0.3) is 83.9 Å². The van der Waals surface area contributed by atoms with E-state index in [0.29, 0.717) is 28.6 Å². The number of rotatable bonds is 6. The summed E-state index contributed by atoms with van der Waals surface area (Å²) in [5.41, 5.74) is 9.92. The fraction of sp³-hybridized carbons (Fsp3) is 0. The van der Waals surface area contributed by atoms with Gasteiger partial charge in [-0.1, -0.05) is 72.8 Å². The number of fused-ring (bicyclic) bond motifs is 3. The molecular weight excluding hydrogens is 635 g/mol. The number of benzene rings is 7. The highest BCUT2D eigenvalue weighted by atomic mass is 19.1. The smallest absolute Gasteiger partial charge is 0.164 e. The van der Waals surface area contributed by atoms with Gasteiger partial charge in [0, 0.05) is 33.2 Å². The fourth-order valence-electron chi connectivity index (χ4n) is 6.64. The lowest BCUT2D eigenvalue weighted by atomic mass is 10.0. The van der Waals surface area contributed by atoms with Gasteiger partial charge < -0.3 is 4.57 Å². The van der Waals surface area contributed by atoms with Crippen molar-refractivity contribution in [3.8, 4) is 62.1 Å². The van der Waals surface area contributed by atoms with Crippen LogP contribution in [0.4, 0.5) is 8.78 Å². The third-order valence-corrected chi connectivity index (χ3v) is 9.20. The van der Waals surface area contributed by atoms with Crippen LogP contribution in [0.1, 0.15) is 0 Å². The molecule has 0 N–H and O–H groups in total. The summed E-state index contributed by atoms with van der Waals surface area (Å²) in [7, 11) is 0. The molecular formula is C45H28F2N4. The summed E-state index contributed by atoms with van der Waals surface area (Å²) >= 11 is 0. The van der Waals surface area contributed by atoms with Crippen molar-refractivity contribution in [1.29, 1.82) is 0 Å². The van der Waals surface area contributed by atoms with E-state index in [2.05, 4.69) is 107 Å². The van der Waals surface area contributed by atoms with E-state index in [1.165, 1.54) is 46.2 Å². The first-order chi connectivity index (χ1) is 25.1. The molecule has 9 aromatic rings. The van der Waals surface area contributed by atoms with Crippen molar-refractivity contribution >= 4 is 21.8 Å². The molecule has 0 amide bonds. The average molecular weight is 663 g/mol. The third kappa shape index (κ3) is 5.73. The van der Waals surface area contributed by atoms with Crippen molar-refractivity contribution < 1.29 is 8.78 Å². The first-order valence-electron chi connectivity index (χ1n) is 16.7.